The molecule has 0 amide bonds. The summed E-state index contributed by atoms with van der Waals surface area (Å²) >= 11 is 0. The SMILES string of the molecule is CN(C)c1ccc(C=CC2=CC(=C3C(=O)c4cc5c(cc4C3=O)CCCC5)C=C(C(C)(C)C)O2)cc1. The van der Waals surface area contributed by atoms with Crippen LogP contribution in [0, 0.1) is 5.41 Å². The van der Waals surface area contributed by atoms with Crippen LogP contribution >= 0.6 is 0 Å². The molecule has 0 spiro atoms. The van der Waals surface area contributed by atoms with Gasteiger partial charge in [0.15, 0.2) is 11.6 Å². The highest BCUT2D eigenvalue weighted by molar-refractivity contribution is 6.40. The van der Waals surface area contributed by atoms with Crippen molar-refractivity contribution < 1.29 is 14.3 Å². The summed E-state index contributed by atoms with van der Waals surface area (Å²) in [5, 5.41) is 0. The second-order valence-corrected chi connectivity index (χ2v) is 11.1. The molecule has 2 aromatic carbocycles. The van der Waals surface area contributed by atoms with Crippen LogP contribution in [0.5, 0.6) is 0 Å². The molecule has 0 N–H and O–H groups in total. The van der Waals surface area contributed by atoms with E-state index in [1.54, 1.807) is 0 Å². The summed E-state index contributed by atoms with van der Waals surface area (Å²) in [6, 6.07) is 12.2. The van der Waals surface area contributed by atoms with Crippen LogP contribution in [0.1, 0.15) is 71.0 Å². The number of fused-ring (bicyclic) bond motifs is 2. The molecule has 0 bridgehead atoms. The van der Waals surface area contributed by atoms with Crippen LogP contribution in [0.3, 0.4) is 0 Å². The van der Waals surface area contributed by atoms with Gasteiger partial charge in [-0.15, -0.1) is 0 Å². The van der Waals surface area contributed by atoms with Crippen molar-refractivity contribution in [2.75, 3.05) is 19.0 Å². The fourth-order valence-electron chi connectivity index (χ4n) is 4.98. The molecule has 1 aliphatic heterocycles. The van der Waals surface area contributed by atoms with Crippen LogP contribution in [0.2, 0.25) is 0 Å². The summed E-state index contributed by atoms with van der Waals surface area (Å²) in [6.45, 7) is 6.19. The van der Waals surface area contributed by atoms with Gasteiger partial charge in [-0.05, 0) is 90.4 Å². The highest BCUT2D eigenvalue weighted by atomic mass is 16.5. The number of benzene rings is 2. The normalized spacial score (nSPS) is 17.6. The molecule has 0 radical (unpaired) electrons. The second-order valence-electron chi connectivity index (χ2n) is 11.1. The minimum atomic E-state index is -0.289. The number of ketones is 2. The van der Waals surface area contributed by atoms with E-state index in [1.165, 1.54) is 11.1 Å². The minimum absolute atomic E-state index is 0.177. The predicted molar refractivity (Wildman–Crippen MR) is 145 cm³/mol. The summed E-state index contributed by atoms with van der Waals surface area (Å²) in [6.07, 6.45) is 11.8. The Bertz CT molecular complexity index is 1330. The zero-order valence-electron chi connectivity index (χ0n) is 21.8. The Kier molecular flexibility index (Phi) is 6.07. The van der Waals surface area contributed by atoms with Gasteiger partial charge in [-0.2, -0.15) is 0 Å². The van der Waals surface area contributed by atoms with Crippen LogP contribution < -0.4 is 4.90 Å². The number of Topliss-reactive ketones (excluding diaryl/α,β-unsaturated/α-hetero) is 2. The van der Waals surface area contributed by atoms with Crippen molar-refractivity contribution in [1.82, 2.24) is 0 Å². The van der Waals surface area contributed by atoms with Crippen molar-refractivity contribution in [3.05, 3.63) is 105 Å². The van der Waals surface area contributed by atoms with Crippen molar-refractivity contribution in [3.63, 3.8) is 0 Å². The first-order valence-electron chi connectivity index (χ1n) is 12.7. The van der Waals surface area contributed by atoms with E-state index >= 15 is 0 Å². The van der Waals surface area contributed by atoms with E-state index < -0.39 is 0 Å². The molecule has 0 saturated heterocycles. The molecule has 0 aromatic heterocycles. The Morgan fingerprint density at radius 3 is 1.94 bits per heavy atom. The molecule has 0 unspecified atom stereocenters. The molecule has 2 aromatic rings. The van der Waals surface area contributed by atoms with E-state index in [-0.39, 0.29) is 22.6 Å². The van der Waals surface area contributed by atoms with Crippen LogP contribution in [0.15, 0.2) is 77.3 Å². The Morgan fingerprint density at radius 1 is 0.833 bits per heavy atom. The third kappa shape index (κ3) is 4.48. The van der Waals surface area contributed by atoms with Gasteiger partial charge in [-0.25, -0.2) is 0 Å². The average Bonchev–Trinajstić information content (AvgIpc) is 3.10. The first-order chi connectivity index (χ1) is 17.1. The molecule has 36 heavy (non-hydrogen) atoms. The maximum Gasteiger partial charge on any atom is 0.198 e. The molecular weight excluding hydrogens is 446 g/mol. The minimum Gasteiger partial charge on any atom is -0.461 e. The highest BCUT2D eigenvalue weighted by Crippen LogP contribution is 2.38. The van der Waals surface area contributed by atoms with E-state index in [0.29, 0.717) is 22.5 Å². The Labute approximate surface area is 213 Å². The lowest BCUT2D eigenvalue weighted by Gasteiger charge is -2.27. The number of anilines is 1. The molecule has 0 fully saturated rings. The quantitative estimate of drug-likeness (QED) is 0.356. The van der Waals surface area contributed by atoms with Gasteiger partial charge >= 0.3 is 0 Å². The molecule has 184 valence electrons. The molecule has 0 atom stereocenters. The van der Waals surface area contributed by atoms with Gasteiger partial charge < -0.3 is 9.64 Å². The molecule has 0 saturated carbocycles. The van der Waals surface area contributed by atoms with E-state index in [2.05, 4.69) is 49.9 Å². The maximum absolute atomic E-state index is 13.5. The van der Waals surface area contributed by atoms with Crippen molar-refractivity contribution in [1.29, 1.82) is 0 Å². The number of hydrogen-bond donors (Lipinski definition) is 0. The molecule has 4 heteroatoms. The van der Waals surface area contributed by atoms with Crippen LogP contribution in [0.4, 0.5) is 5.69 Å². The second kappa shape index (κ2) is 9.09. The van der Waals surface area contributed by atoms with Gasteiger partial charge in [0.1, 0.15) is 11.5 Å². The molecule has 4 nitrogen and oxygen atoms in total. The number of carbonyl (C=O) groups excluding carboxylic acids is 2. The fraction of sp³-hybridized carbons (Fsp3) is 0.312. The highest BCUT2D eigenvalue weighted by Gasteiger charge is 2.37. The third-order valence-electron chi connectivity index (χ3n) is 7.11. The molecule has 3 aliphatic rings. The van der Waals surface area contributed by atoms with Gasteiger partial charge in [0.25, 0.3) is 0 Å². The largest absolute Gasteiger partial charge is 0.461 e. The first-order valence-corrected chi connectivity index (χ1v) is 12.7. The number of nitrogens with zero attached hydrogens (tertiary/aromatic N) is 1. The van der Waals surface area contributed by atoms with E-state index in [4.69, 9.17) is 4.74 Å². The van der Waals surface area contributed by atoms with E-state index in [0.717, 1.165) is 42.7 Å². The first kappa shape index (κ1) is 24.1. The lowest BCUT2D eigenvalue weighted by molar-refractivity contribution is 0.0987. The lowest BCUT2D eigenvalue weighted by Crippen LogP contribution is -2.16. The summed E-state index contributed by atoms with van der Waals surface area (Å²) < 4.78 is 6.22. The molecule has 1 heterocycles. The molecule has 2 aliphatic carbocycles. The Hall–Kier alpha value is -3.66. The van der Waals surface area contributed by atoms with E-state index in [9.17, 15) is 9.59 Å². The Balaban J connectivity index is 1.54. The van der Waals surface area contributed by atoms with Gasteiger partial charge in [0, 0.05) is 36.3 Å². The van der Waals surface area contributed by atoms with Gasteiger partial charge in [-0.3, -0.25) is 9.59 Å². The van der Waals surface area contributed by atoms with Crippen molar-refractivity contribution >= 4 is 23.3 Å². The number of rotatable bonds is 3. The molecular formula is C32H33NO3. The average molecular weight is 480 g/mol. The zero-order valence-corrected chi connectivity index (χ0v) is 21.8. The van der Waals surface area contributed by atoms with Gasteiger partial charge in [-0.1, -0.05) is 39.0 Å². The van der Waals surface area contributed by atoms with Crippen molar-refractivity contribution in [3.8, 4) is 0 Å². The summed E-state index contributed by atoms with van der Waals surface area (Å²) in [7, 11) is 4.03. The lowest BCUT2D eigenvalue weighted by atomic mass is 9.88. The third-order valence-corrected chi connectivity index (χ3v) is 7.11. The number of allylic oxidation sites excluding steroid dienone is 6. The van der Waals surface area contributed by atoms with Crippen molar-refractivity contribution in [2.24, 2.45) is 5.41 Å². The number of carbonyl (C=O) groups is 2. The van der Waals surface area contributed by atoms with Crippen LogP contribution in [-0.4, -0.2) is 25.7 Å². The van der Waals surface area contributed by atoms with Gasteiger partial charge in [0.05, 0.1) is 5.57 Å². The smallest absolute Gasteiger partial charge is 0.198 e. The van der Waals surface area contributed by atoms with Gasteiger partial charge in [0.2, 0.25) is 0 Å². The number of aryl methyl sites for hydroxylation is 2. The summed E-state index contributed by atoms with van der Waals surface area (Å²) in [4.78, 5) is 29.1. The van der Waals surface area contributed by atoms with E-state index in [1.807, 2.05) is 50.5 Å². The summed E-state index contributed by atoms with van der Waals surface area (Å²) in [5.74, 6) is 0.982. The monoisotopic (exact) mass is 479 g/mol. The Morgan fingerprint density at radius 2 is 1.42 bits per heavy atom. The predicted octanol–water partition coefficient (Wildman–Crippen LogP) is 6.86. The maximum atomic E-state index is 13.5. The fourth-order valence-corrected chi connectivity index (χ4v) is 4.98. The van der Waals surface area contributed by atoms with Crippen molar-refractivity contribution in [2.45, 2.75) is 46.5 Å². The zero-order chi connectivity index (χ0) is 25.6. The topological polar surface area (TPSA) is 46.6 Å². The summed E-state index contributed by atoms with van der Waals surface area (Å²) in [5.41, 5.74) is 6.27. The number of hydrogen-bond acceptors (Lipinski definition) is 4. The van der Waals surface area contributed by atoms with Crippen LogP contribution in [0.25, 0.3) is 6.08 Å². The standard InChI is InChI=1S/C32H33NO3/c1-32(2,3)28-19-23(16-25(36-28)15-12-20-10-13-24(14-11-20)33(4)5)29-30(34)26-17-21-8-6-7-9-22(21)18-27(26)31(29)35/h10-19H,6-9H2,1-5H3. The number of ether oxygens (including phenoxy) is 1. The van der Waals surface area contributed by atoms with Crippen LogP contribution in [-0.2, 0) is 17.6 Å². The molecule has 5 rings (SSSR count).